The summed E-state index contributed by atoms with van der Waals surface area (Å²) < 4.78 is 18.6. The predicted octanol–water partition coefficient (Wildman–Crippen LogP) is 3.56. The SMILES string of the molecule is CC1CCCN(C(N)=NCc2ccnc(Oc3ccc(F)cc3)c2)C1. The van der Waals surface area contributed by atoms with Gasteiger partial charge >= 0.3 is 0 Å². The Morgan fingerprint density at radius 3 is 2.92 bits per heavy atom. The smallest absolute Gasteiger partial charge is 0.219 e. The van der Waals surface area contributed by atoms with Gasteiger partial charge in [-0.05, 0) is 54.7 Å². The van der Waals surface area contributed by atoms with Crippen LogP contribution in [0.25, 0.3) is 0 Å². The number of hydrogen-bond donors (Lipinski definition) is 1. The van der Waals surface area contributed by atoms with Crippen molar-refractivity contribution < 1.29 is 9.13 Å². The number of pyridine rings is 1. The van der Waals surface area contributed by atoms with Crippen molar-refractivity contribution in [2.75, 3.05) is 13.1 Å². The Labute approximate surface area is 147 Å². The van der Waals surface area contributed by atoms with Gasteiger partial charge in [0.15, 0.2) is 5.96 Å². The number of nitrogens with two attached hydrogens (primary N) is 1. The average molecular weight is 342 g/mol. The fraction of sp³-hybridized carbons (Fsp3) is 0.368. The topological polar surface area (TPSA) is 63.7 Å². The molecular formula is C19H23FN4O. The molecule has 1 aromatic carbocycles. The molecular weight excluding hydrogens is 319 g/mol. The molecule has 0 saturated carbocycles. The van der Waals surface area contributed by atoms with E-state index in [1.54, 1.807) is 18.3 Å². The summed E-state index contributed by atoms with van der Waals surface area (Å²) in [4.78, 5) is 10.8. The third-order valence-electron chi connectivity index (χ3n) is 4.24. The molecule has 0 amide bonds. The van der Waals surface area contributed by atoms with Crippen molar-refractivity contribution in [1.82, 2.24) is 9.88 Å². The van der Waals surface area contributed by atoms with Crippen LogP contribution in [0.5, 0.6) is 11.6 Å². The normalized spacial score (nSPS) is 18.2. The van der Waals surface area contributed by atoms with Crippen LogP contribution < -0.4 is 10.5 Å². The Balaban J connectivity index is 1.63. The lowest BCUT2D eigenvalue weighted by Crippen LogP contribution is -2.43. The van der Waals surface area contributed by atoms with Gasteiger partial charge in [-0.25, -0.2) is 14.4 Å². The van der Waals surface area contributed by atoms with E-state index in [-0.39, 0.29) is 5.82 Å². The molecule has 1 aliphatic heterocycles. The van der Waals surface area contributed by atoms with Crippen molar-refractivity contribution in [3.8, 4) is 11.6 Å². The van der Waals surface area contributed by atoms with Gasteiger partial charge in [-0.2, -0.15) is 0 Å². The standard InChI is InChI=1S/C19H23FN4O/c1-14-3-2-10-24(13-14)19(21)23-12-15-8-9-22-18(11-15)25-17-6-4-16(20)5-7-17/h4-9,11,14H,2-3,10,12-13H2,1H3,(H2,21,23). The Bertz CT molecular complexity index is 732. The molecule has 1 fully saturated rings. The first-order valence-corrected chi connectivity index (χ1v) is 8.53. The van der Waals surface area contributed by atoms with E-state index in [0.717, 1.165) is 25.1 Å². The first-order chi connectivity index (χ1) is 12.1. The first kappa shape index (κ1) is 17.2. The minimum atomic E-state index is -0.300. The molecule has 1 aromatic heterocycles. The van der Waals surface area contributed by atoms with Gasteiger partial charge in [-0.1, -0.05) is 6.92 Å². The Morgan fingerprint density at radius 1 is 1.36 bits per heavy atom. The van der Waals surface area contributed by atoms with Crippen LogP contribution in [-0.2, 0) is 6.54 Å². The fourth-order valence-electron chi connectivity index (χ4n) is 2.90. The quantitative estimate of drug-likeness (QED) is 0.682. The van der Waals surface area contributed by atoms with Crippen LogP contribution in [0.4, 0.5) is 4.39 Å². The number of hydrogen-bond acceptors (Lipinski definition) is 3. The maximum atomic E-state index is 12.9. The molecule has 0 spiro atoms. The average Bonchev–Trinajstić information content (AvgIpc) is 2.62. The second-order valence-corrected chi connectivity index (χ2v) is 6.43. The van der Waals surface area contributed by atoms with Crippen molar-refractivity contribution in [1.29, 1.82) is 0 Å². The minimum absolute atomic E-state index is 0.300. The van der Waals surface area contributed by atoms with Gasteiger partial charge in [0.2, 0.25) is 5.88 Å². The maximum Gasteiger partial charge on any atom is 0.219 e. The highest BCUT2D eigenvalue weighted by molar-refractivity contribution is 5.78. The third kappa shape index (κ3) is 4.92. The van der Waals surface area contributed by atoms with E-state index >= 15 is 0 Å². The van der Waals surface area contributed by atoms with Crippen LogP contribution in [-0.4, -0.2) is 28.9 Å². The molecule has 6 heteroatoms. The van der Waals surface area contributed by atoms with Crippen molar-refractivity contribution >= 4 is 5.96 Å². The van der Waals surface area contributed by atoms with Crippen molar-refractivity contribution in [3.05, 3.63) is 54.0 Å². The lowest BCUT2D eigenvalue weighted by Gasteiger charge is -2.31. The molecule has 25 heavy (non-hydrogen) atoms. The third-order valence-corrected chi connectivity index (χ3v) is 4.24. The number of piperidine rings is 1. The van der Waals surface area contributed by atoms with E-state index in [2.05, 4.69) is 21.8 Å². The fourth-order valence-corrected chi connectivity index (χ4v) is 2.90. The monoisotopic (exact) mass is 342 g/mol. The number of benzene rings is 1. The van der Waals surface area contributed by atoms with Crippen molar-refractivity contribution in [2.24, 2.45) is 16.6 Å². The summed E-state index contributed by atoms with van der Waals surface area (Å²) in [5.74, 6) is 1.93. The van der Waals surface area contributed by atoms with Crippen LogP contribution in [0.15, 0.2) is 47.6 Å². The molecule has 2 aromatic rings. The molecule has 0 bridgehead atoms. The number of rotatable bonds is 4. The van der Waals surface area contributed by atoms with E-state index in [0.29, 0.717) is 30.1 Å². The number of aromatic nitrogens is 1. The Hall–Kier alpha value is -2.63. The van der Waals surface area contributed by atoms with Crippen molar-refractivity contribution in [2.45, 2.75) is 26.3 Å². The molecule has 132 valence electrons. The second kappa shape index (κ2) is 7.96. The molecule has 1 unspecified atom stereocenters. The highest BCUT2D eigenvalue weighted by Crippen LogP contribution is 2.20. The van der Waals surface area contributed by atoms with Crippen LogP contribution >= 0.6 is 0 Å². The molecule has 0 radical (unpaired) electrons. The predicted molar refractivity (Wildman–Crippen MR) is 96.0 cm³/mol. The molecule has 1 atom stereocenters. The number of guanidine groups is 1. The van der Waals surface area contributed by atoms with Crippen LogP contribution in [0.1, 0.15) is 25.3 Å². The molecule has 1 aliphatic rings. The molecule has 3 rings (SSSR count). The van der Waals surface area contributed by atoms with Gasteiger partial charge in [-0.3, -0.25) is 0 Å². The Morgan fingerprint density at radius 2 is 2.16 bits per heavy atom. The van der Waals surface area contributed by atoms with Gasteiger partial charge in [-0.15, -0.1) is 0 Å². The maximum absolute atomic E-state index is 12.9. The summed E-state index contributed by atoms with van der Waals surface area (Å²) in [6, 6.07) is 9.54. The highest BCUT2D eigenvalue weighted by atomic mass is 19.1. The summed E-state index contributed by atoms with van der Waals surface area (Å²) in [6.07, 6.45) is 4.07. The van der Waals surface area contributed by atoms with E-state index in [9.17, 15) is 4.39 Å². The second-order valence-electron chi connectivity index (χ2n) is 6.43. The largest absolute Gasteiger partial charge is 0.439 e. The molecule has 2 heterocycles. The van der Waals surface area contributed by atoms with Crippen LogP contribution in [0.2, 0.25) is 0 Å². The number of halogens is 1. The van der Waals surface area contributed by atoms with Crippen LogP contribution in [0.3, 0.4) is 0 Å². The Kier molecular flexibility index (Phi) is 5.48. The summed E-state index contributed by atoms with van der Waals surface area (Å²) >= 11 is 0. The number of likely N-dealkylation sites (tertiary alicyclic amines) is 1. The zero-order chi connectivity index (χ0) is 17.6. The van der Waals surface area contributed by atoms with E-state index in [1.165, 1.54) is 18.6 Å². The van der Waals surface area contributed by atoms with Crippen LogP contribution in [0, 0.1) is 11.7 Å². The van der Waals surface area contributed by atoms with Gasteiger partial charge in [0.05, 0.1) is 6.54 Å². The van der Waals surface area contributed by atoms with Crippen molar-refractivity contribution in [3.63, 3.8) is 0 Å². The summed E-state index contributed by atoms with van der Waals surface area (Å²) in [6.45, 7) is 4.64. The van der Waals surface area contributed by atoms with E-state index in [1.807, 2.05) is 12.1 Å². The number of nitrogens with zero attached hydrogens (tertiary/aromatic N) is 3. The molecule has 2 N–H and O–H groups in total. The summed E-state index contributed by atoms with van der Waals surface area (Å²) in [5.41, 5.74) is 7.09. The van der Waals surface area contributed by atoms with E-state index < -0.39 is 0 Å². The minimum Gasteiger partial charge on any atom is -0.439 e. The van der Waals surface area contributed by atoms with Gasteiger partial charge in [0.1, 0.15) is 11.6 Å². The van der Waals surface area contributed by atoms with Gasteiger partial charge in [0, 0.05) is 25.4 Å². The highest BCUT2D eigenvalue weighted by Gasteiger charge is 2.17. The van der Waals surface area contributed by atoms with Gasteiger partial charge < -0.3 is 15.4 Å². The first-order valence-electron chi connectivity index (χ1n) is 8.53. The summed E-state index contributed by atoms with van der Waals surface area (Å²) in [7, 11) is 0. The number of ether oxygens (including phenoxy) is 1. The number of aliphatic imine (C=N–C) groups is 1. The lowest BCUT2D eigenvalue weighted by atomic mass is 10.0. The summed E-state index contributed by atoms with van der Waals surface area (Å²) in [5, 5.41) is 0. The lowest BCUT2D eigenvalue weighted by molar-refractivity contribution is 0.270. The van der Waals surface area contributed by atoms with E-state index in [4.69, 9.17) is 10.5 Å². The zero-order valence-corrected chi connectivity index (χ0v) is 14.4. The molecule has 1 saturated heterocycles. The molecule has 0 aliphatic carbocycles. The zero-order valence-electron chi connectivity index (χ0n) is 14.4. The van der Waals surface area contributed by atoms with Gasteiger partial charge in [0.25, 0.3) is 0 Å². The molecule has 5 nitrogen and oxygen atoms in total.